The summed E-state index contributed by atoms with van der Waals surface area (Å²) >= 11 is 1.41. The van der Waals surface area contributed by atoms with Crippen LogP contribution < -0.4 is 5.43 Å². The maximum atomic E-state index is 11.8. The number of hydrogen-bond acceptors (Lipinski definition) is 3. The number of hydrazone groups is 1. The van der Waals surface area contributed by atoms with Gasteiger partial charge in [-0.25, -0.2) is 5.43 Å². The first kappa shape index (κ1) is 13.1. The molecule has 102 valence electrons. The van der Waals surface area contributed by atoms with E-state index in [-0.39, 0.29) is 5.91 Å². The Bertz CT molecular complexity index is 659. The SMILES string of the molecule is C/C(=N/NC(=O)c1cccs1)c1ccc2c(c1)CCC2. The number of carbonyl (C=O) groups is 1. The molecule has 1 heterocycles. The van der Waals surface area contributed by atoms with Crippen LogP contribution in [0.4, 0.5) is 0 Å². The van der Waals surface area contributed by atoms with Gasteiger partial charge in [-0.2, -0.15) is 5.10 Å². The first-order valence-corrected chi connectivity index (χ1v) is 7.62. The Balaban J connectivity index is 1.73. The highest BCUT2D eigenvalue weighted by molar-refractivity contribution is 7.12. The Labute approximate surface area is 122 Å². The van der Waals surface area contributed by atoms with Crippen molar-refractivity contribution in [3.8, 4) is 0 Å². The Morgan fingerprint density at radius 1 is 1.25 bits per heavy atom. The second-order valence-corrected chi connectivity index (χ2v) is 5.90. The van der Waals surface area contributed by atoms with E-state index in [0.717, 1.165) is 17.7 Å². The number of nitrogens with zero attached hydrogens (tertiary/aromatic N) is 1. The van der Waals surface area contributed by atoms with E-state index in [1.165, 1.54) is 35.3 Å². The lowest BCUT2D eigenvalue weighted by Gasteiger charge is -2.05. The molecule has 1 amide bonds. The van der Waals surface area contributed by atoms with Crippen LogP contribution in [0.2, 0.25) is 0 Å². The second-order valence-electron chi connectivity index (χ2n) is 4.95. The lowest BCUT2D eigenvalue weighted by atomic mass is 10.0. The minimum Gasteiger partial charge on any atom is -0.266 e. The van der Waals surface area contributed by atoms with E-state index in [4.69, 9.17) is 0 Å². The predicted molar refractivity (Wildman–Crippen MR) is 82.5 cm³/mol. The van der Waals surface area contributed by atoms with E-state index in [1.54, 1.807) is 6.07 Å². The molecule has 0 unspecified atom stereocenters. The molecule has 0 radical (unpaired) electrons. The third-order valence-corrected chi connectivity index (χ3v) is 4.46. The van der Waals surface area contributed by atoms with E-state index < -0.39 is 0 Å². The molecule has 0 fully saturated rings. The van der Waals surface area contributed by atoms with Crippen LogP contribution in [0.3, 0.4) is 0 Å². The van der Waals surface area contributed by atoms with E-state index in [0.29, 0.717) is 4.88 Å². The maximum absolute atomic E-state index is 11.8. The zero-order valence-corrected chi connectivity index (χ0v) is 12.2. The summed E-state index contributed by atoms with van der Waals surface area (Å²) in [6.45, 7) is 1.92. The van der Waals surface area contributed by atoms with Gasteiger partial charge in [-0.1, -0.05) is 18.2 Å². The molecular formula is C16H16N2OS. The van der Waals surface area contributed by atoms with Crippen molar-refractivity contribution in [1.82, 2.24) is 5.43 Å². The molecule has 3 nitrogen and oxygen atoms in total. The average molecular weight is 284 g/mol. The van der Waals surface area contributed by atoms with E-state index in [2.05, 4.69) is 28.7 Å². The van der Waals surface area contributed by atoms with Gasteiger partial charge in [0.2, 0.25) is 0 Å². The maximum Gasteiger partial charge on any atom is 0.281 e. The molecule has 1 aliphatic rings. The summed E-state index contributed by atoms with van der Waals surface area (Å²) in [6, 6.07) is 10.1. The molecule has 0 atom stereocenters. The molecule has 1 aromatic heterocycles. The quantitative estimate of drug-likeness (QED) is 0.681. The molecule has 4 heteroatoms. The van der Waals surface area contributed by atoms with Crippen molar-refractivity contribution in [2.45, 2.75) is 26.2 Å². The minimum absolute atomic E-state index is 0.152. The number of carbonyl (C=O) groups excluding carboxylic acids is 1. The molecule has 1 aromatic carbocycles. The summed E-state index contributed by atoms with van der Waals surface area (Å²) in [5, 5.41) is 6.08. The average Bonchev–Trinajstić information content (AvgIpc) is 3.13. The van der Waals surface area contributed by atoms with Gasteiger partial charge in [0.25, 0.3) is 5.91 Å². The highest BCUT2D eigenvalue weighted by Gasteiger charge is 2.12. The molecule has 1 aliphatic carbocycles. The minimum atomic E-state index is -0.152. The largest absolute Gasteiger partial charge is 0.281 e. The molecule has 0 saturated carbocycles. The molecule has 0 spiro atoms. The summed E-state index contributed by atoms with van der Waals surface area (Å²) < 4.78 is 0. The smallest absolute Gasteiger partial charge is 0.266 e. The predicted octanol–water partition coefficient (Wildman–Crippen LogP) is 3.39. The Kier molecular flexibility index (Phi) is 3.65. The van der Waals surface area contributed by atoms with Gasteiger partial charge in [0, 0.05) is 0 Å². The summed E-state index contributed by atoms with van der Waals surface area (Å²) in [4.78, 5) is 12.5. The van der Waals surface area contributed by atoms with Crippen molar-refractivity contribution < 1.29 is 4.79 Å². The fourth-order valence-corrected chi connectivity index (χ4v) is 3.07. The van der Waals surface area contributed by atoms with Gasteiger partial charge < -0.3 is 0 Å². The van der Waals surface area contributed by atoms with Crippen molar-refractivity contribution in [3.05, 3.63) is 57.3 Å². The molecular weight excluding hydrogens is 268 g/mol. The van der Waals surface area contributed by atoms with Crippen LogP contribution in [0.1, 0.15) is 39.7 Å². The van der Waals surface area contributed by atoms with Gasteiger partial charge in [0.1, 0.15) is 0 Å². The van der Waals surface area contributed by atoms with Crippen LogP contribution in [0.15, 0.2) is 40.8 Å². The van der Waals surface area contributed by atoms with Crippen molar-refractivity contribution in [2.75, 3.05) is 0 Å². The van der Waals surface area contributed by atoms with Crippen molar-refractivity contribution in [2.24, 2.45) is 5.10 Å². The Morgan fingerprint density at radius 2 is 2.10 bits per heavy atom. The van der Waals surface area contributed by atoms with Gasteiger partial charge in [-0.05, 0) is 60.4 Å². The van der Waals surface area contributed by atoms with Crippen molar-refractivity contribution >= 4 is 23.0 Å². The number of hydrogen-bond donors (Lipinski definition) is 1. The van der Waals surface area contributed by atoms with Crippen LogP contribution in [0.5, 0.6) is 0 Å². The topological polar surface area (TPSA) is 41.5 Å². The van der Waals surface area contributed by atoms with Gasteiger partial charge in [0.15, 0.2) is 0 Å². The first-order valence-electron chi connectivity index (χ1n) is 6.74. The molecule has 2 aromatic rings. The van der Waals surface area contributed by atoms with Crippen LogP contribution in [0.25, 0.3) is 0 Å². The van der Waals surface area contributed by atoms with Crippen LogP contribution >= 0.6 is 11.3 Å². The summed E-state index contributed by atoms with van der Waals surface area (Å²) in [6.07, 6.45) is 3.57. The van der Waals surface area contributed by atoms with Gasteiger partial charge in [0.05, 0.1) is 10.6 Å². The standard InChI is InChI=1S/C16H16N2OS/c1-11(17-18-16(19)15-6-3-9-20-15)13-8-7-12-4-2-5-14(12)10-13/h3,6-10H,2,4-5H2,1H3,(H,18,19)/b17-11-. The lowest BCUT2D eigenvalue weighted by molar-refractivity contribution is 0.0959. The number of amides is 1. The first-order chi connectivity index (χ1) is 9.74. The van der Waals surface area contributed by atoms with E-state index in [1.807, 2.05) is 18.4 Å². The van der Waals surface area contributed by atoms with E-state index in [9.17, 15) is 4.79 Å². The third kappa shape index (κ3) is 2.65. The van der Waals surface area contributed by atoms with Gasteiger partial charge in [-0.15, -0.1) is 11.3 Å². The molecule has 3 rings (SSSR count). The zero-order valence-electron chi connectivity index (χ0n) is 11.3. The molecule has 1 N–H and O–H groups in total. The lowest BCUT2D eigenvalue weighted by Crippen LogP contribution is -2.18. The number of thiophene rings is 1. The number of rotatable bonds is 3. The summed E-state index contributed by atoms with van der Waals surface area (Å²) in [5.74, 6) is -0.152. The van der Waals surface area contributed by atoms with E-state index >= 15 is 0 Å². The fourth-order valence-electron chi connectivity index (χ4n) is 2.46. The highest BCUT2D eigenvalue weighted by Crippen LogP contribution is 2.23. The summed E-state index contributed by atoms with van der Waals surface area (Å²) in [7, 11) is 0. The van der Waals surface area contributed by atoms with Crippen molar-refractivity contribution in [1.29, 1.82) is 0 Å². The molecule has 0 aliphatic heterocycles. The molecule has 20 heavy (non-hydrogen) atoms. The number of fused-ring (bicyclic) bond motifs is 1. The van der Waals surface area contributed by atoms with Crippen LogP contribution in [-0.4, -0.2) is 11.6 Å². The fraction of sp³-hybridized carbons (Fsp3) is 0.250. The number of aryl methyl sites for hydroxylation is 2. The molecule has 0 saturated heterocycles. The normalized spacial score (nSPS) is 14.2. The number of nitrogens with one attached hydrogen (secondary N) is 1. The third-order valence-electron chi connectivity index (χ3n) is 3.59. The summed E-state index contributed by atoms with van der Waals surface area (Å²) in [5.41, 5.74) is 7.40. The van der Waals surface area contributed by atoms with Crippen LogP contribution in [0, 0.1) is 0 Å². The monoisotopic (exact) mass is 284 g/mol. The van der Waals surface area contributed by atoms with Crippen molar-refractivity contribution in [3.63, 3.8) is 0 Å². The van der Waals surface area contributed by atoms with Crippen LogP contribution in [-0.2, 0) is 12.8 Å². The zero-order chi connectivity index (χ0) is 13.9. The number of benzene rings is 1. The molecule has 0 bridgehead atoms. The Morgan fingerprint density at radius 3 is 2.90 bits per heavy atom. The van der Waals surface area contributed by atoms with Gasteiger partial charge >= 0.3 is 0 Å². The van der Waals surface area contributed by atoms with Gasteiger partial charge in [-0.3, -0.25) is 4.79 Å². The highest BCUT2D eigenvalue weighted by atomic mass is 32.1. The Hall–Kier alpha value is -1.94. The second kappa shape index (κ2) is 5.59.